The van der Waals surface area contributed by atoms with Gasteiger partial charge in [0.25, 0.3) is 5.56 Å². The van der Waals surface area contributed by atoms with E-state index in [1.807, 2.05) is 29.2 Å². The molecule has 1 aromatic heterocycles. The Kier molecular flexibility index (Phi) is 6.11. The van der Waals surface area contributed by atoms with E-state index in [0.717, 1.165) is 43.8 Å². The van der Waals surface area contributed by atoms with Gasteiger partial charge in [-0.1, -0.05) is 25.5 Å². The lowest BCUT2D eigenvalue weighted by Crippen LogP contribution is -2.52. The Balaban J connectivity index is 1.68. The van der Waals surface area contributed by atoms with Crippen molar-refractivity contribution in [3.05, 3.63) is 40.4 Å². The van der Waals surface area contributed by atoms with E-state index >= 15 is 0 Å². The van der Waals surface area contributed by atoms with Crippen LogP contribution >= 0.6 is 0 Å². The summed E-state index contributed by atoms with van der Waals surface area (Å²) >= 11 is 0. The summed E-state index contributed by atoms with van der Waals surface area (Å²) in [6, 6.07) is 7.49. The highest BCUT2D eigenvalue weighted by Crippen LogP contribution is 2.20. The van der Waals surface area contributed by atoms with Crippen molar-refractivity contribution in [1.29, 1.82) is 0 Å². The van der Waals surface area contributed by atoms with Crippen molar-refractivity contribution in [1.82, 2.24) is 24.7 Å². The molecule has 7 heteroatoms. The quantitative estimate of drug-likeness (QED) is 0.818. The van der Waals surface area contributed by atoms with Gasteiger partial charge in [0.05, 0.1) is 16.9 Å². The van der Waals surface area contributed by atoms with E-state index in [1.54, 1.807) is 11.6 Å². The number of aromatic nitrogens is 2. The van der Waals surface area contributed by atoms with Gasteiger partial charge in [-0.2, -0.15) is 0 Å². The van der Waals surface area contributed by atoms with E-state index in [-0.39, 0.29) is 17.6 Å². The summed E-state index contributed by atoms with van der Waals surface area (Å²) in [5, 5.41) is 3.62. The third-order valence-corrected chi connectivity index (χ3v) is 5.35. The maximum Gasteiger partial charge on any atom is 0.317 e. The molecule has 0 spiro atoms. The number of para-hydroxylation sites is 1. The van der Waals surface area contributed by atoms with Crippen LogP contribution in [0.3, 0.4) is 0 Å². The number of rotatable bonds is 5. The Labute approximate surface area is 160 Å². The molecule has 146 valence electrons. The Hall–Kier alpha value is -2.41. The molecule has 2 aromatic rings. The van der Waals surface area contributed by atoms with E-state index in [2.05, 4.69) is 24.1 Å². The molecule has 0 bridgehead atoms. The number of nitrogens with one attached hydrogen (secondary N) is 1. The first kappa shape index (κ1) is 19.4. The van der Waals surface area contributed by atoms with Gasteiger partial charge in [-0.05, 0) is 25.5 Å². The number of nitrogens with zero attached hydrogens (tertiary/aromatic N) is 4. The zero-order valence-electron chi connectivity index (χ0n) is 16.4. The molecule has 1 unspecified atom stereocenters. The second-order valence-electron chi connectivity index (χ2n) is 7.14. The van der Waals surface area contributed by atoms with Crippen molar-refractivity contribution in [3.63, 3.8) is 0 Å². The average Bonchev–Trinajstić information content (AvgIpc) is 2.70. The highest BCUT2D eigenvalue weighted by molar-refractivity contribution is 5.77. The minimum Gasteiger partial charge on any atom is -0.338 e. The summed E-state index contributed by atoms with van der Waals surface area (Å²) in [7, 11) is 1.78. The zero-order chi connectivity index (χ0) is 19.4. The Morgan fingerprint density at radius 2 is 1.93 bits per heavy atom. The minimum atomic E-state index is -0.0172. The number of unbranched alkanes of at least 4 members (excludes halogenated alkanes) is 1. The van der Waals surface area contributed by atoms with Crippen LogP contribution in [0.5, 0.6) is 0 Å². The molecule has 1 saturated heterocycles. The van der Waals surface area contributed by atoms with Crippen LogP contribution in [0.1, 0.15) is 38.6 Å². The molecule has 7 nitrogen and oxygen atoms in total. The van der Waals surface area contributed by atoms with Crippen molar-refractivity contribution in [3.8, 4) is 0 Å². The summed E-state index contributed by atoms with van der Waals surface area (Å²) in [6.45, 7) is 7.83. The molecule has 1 aliphatic heterocycles. The predicted molar refractivity (Wildman–Crippen MR) is 107 cm³/mol. The number of carbonyl (C=O) groups is 1. The number of urea groups is 1. The van der Waals surface area contributed by atoms with E-state index in [1.165, 1.54) is 0 Å². The number of benzene rings is 1. The number of hydrogen-bond acceptors (Lipinski definition) is 4. The number of hydrogen-bond donors (Lipinski definition) is 1. The number of carbonyl (C=O) groups excluding carboxylic acids is 1. The monoisotopic (exact) mass is 371 g/mol. The topological polar surface area (TPSA) is 70.5 Å². The zero-order valence-corrected chi connectivity index (χ0v) is 16.4. The largest absolute Gasteiger partial charge is 0.338 e. The molecule has 2 amide bonds. The molecule has 0 radical (unpaired) electrons. The van der Waals surface area contributed by atoms with Gasteiger partial charge < -0.3 is 10.2 Å². The fraction of sp³-hybridized carbons (Fsp3) is 0.550. The van der Waals surface area contributed by atoms with Crippen molar-refractivity contribution in [2.45, 2.75) is 32.7 Å². The number of fused-ring (bicyclic) bond motifs is 1. The van der Waals surface area contributed by atoms with Crippen LogP contribution in [0.15, 0.2) is 29.1 Å². The van der Waals surface area contributed by atoms with Gasteiger partial charge >= 0.3 is 6.03 Å². The lowest BCUT2D eigenvalue weighted by atomic mass is 10.2. The molecular weight excluding hydrogens is 342 g/mol. The average molecular weight is 371 g/mol. The normalized spacial score (nSPS) is 16.5. The first-order chi connectivity index (χ1) is 13.0. The van der Waals surface area contributed by atoms with Crippen molar-refractivity contribution >= 4 is 16.9 Å². The van der Waals surface area contributed by atoms with Crippen molar-refractivity contribution < 1.29 is 4.79 Å². The smallest absolute Gasteiger partial charge is 0.317 e. The lowest BCUT2D eigenvalue weighted by molar-refractivity contribution is 0.109. The summed E-state index contributed by atoms with van der Waals surface area (Å²) in [5.74, 6) is 0.763. The summed E-state index contributed by atoms with van der Waals surface area (Å²) in [5.41, 5.74) is 0.716. The first-order valence-electron chi connectivity index (χ1n) is 9.75. The van der Waals surface area contributed by atoms with Crippen LogP contribution < -0.4 is 10.9 Å². The van der Waals surface area contributed by atoms with Crippen LogP contribution in [0.25, 0.3) is 10.9 Å². The van der Waals surface area contributed by atoms with Crippen LogP contribution in [-0.4, -0.2) is 58.1 Å². The van der Waals surface area contributed by atoms with Crippen LogP contribution in [-0.2, 0) is 7.05 Å². The third kappa shape index (κ3) is 4.13. The molecule has 2 heterocycles. The number of amides is 2. The van der Waals surface area contributed by atoms with Crippen LogP contribution in [0.2, 0.25) is 0 Å². The van der Waals surface area contributed by atoms with Gasteiger partial charge in [0.1, 0.15) is 5.82 Å². The maximum absolute atomic E-state index is 12.6. The second-order valence-corrected chi connectivity index (χ2v) is 7.14. The highest BCUT2D eigenvalue weighted by Gasteiger charge is 2.26. The van der Waals surface area contributed by atoms with E-state index in [4.69, 9.17) is 4.98 Å². The van der Waals surface area contributed by atoms with Crippen molar-refractivity contribution in [2.75, 3.05) is 32.7 Å². The van der Waals surface area contributed by atoms with E-state index in [9.17, 15) is 9.59 Å². The molecule has 1 aromatic carbocycles. The van der Waals surface area contributed by atoms with E-state index < -0.39 is 0 Å². The first-order valence-corrected chi connectivity index (χ1v) is 9.75. The number of piperazine rings is 1. The lowest BCUT2D eigenvalue weighted by Gasteiger charge is -2.38. The fourth-order valence-electron chi connectivity index (χ4n) is 3.57. The third-order valence-electron chi connectivity index (χ3n) is 5.35. The van der Waals surface area contributed by atoms with Crippen molar-refractivity contribution in [2.24, 2.45) is 7.05 Å². The second kappa shape index (κ2) is 8.52. The van der Waals surface area contributed by atoms with Crippen LogP contribution in [0.4, 0.5) is 4.79 Å². The van der Waals surface area contributed by atoms with Gasteiger partial charge in [-0.15, -0.1) is 0 Å². The van der Waals surface area contributed by atoms with Gasteiger partial charge in [0, 0.05) is 39.8 Å². The molecule has 0 saturated carbocycles. The molecule has 1 fully saturated rings. The standard InChI is InChI=1S/C20H29N5O2/c1-4-5-10-21-20(27)25-13-11-24(12-14-25)15(2)18-22-17-9-7-6-8-16(17)19(26)23(18)3/h6-9,15H,4-5,10-14H2,1-3H3,(H,21,27). The molecule has 3 rings (SSSR count). The van der Waals surface area contributed by atoms with E-state index in [0.29, 0.717) is 18.5 Å². The molecule has 1 N–H and O–H groups in total. The summed E-state index contributed by atoms with van der Waals surface area (Å²) in [6.07, 6.45) is 2.08. The predicted octanol–water partition coefficient (Wildman–Crippen LogP) is 2.12. The molecule has 1 aliphatic rings. The van der Waals surface area contributed by atoms with Gasteiger partial charge in [0.15, 0.2) is 0 Å². The van der Waals surface area contributed by atoms with Crippen LogP contribution in [0, 0.1) is 0 Å². The Bertz CT molecular complexity index is 855. The highest BCUT2D eigenvalue weighted by atomic mass is 16.2. The maximum atomic E-state index is 12.6. The van der Waals surface area contributed by atoms with Gasteiger partial charge in [-0.25, -0.2) is 9.78 Å². The molecule has 1 atom stereocenters. The molecule has 0 aliphatic carbocycles. The molecule has 27 heavy (non-hydrogen) atoms. The fourth-order valence-corrected chi connectivity index (χ4v) is 3.57. The SMILES string of the molecule is CCCCNC(=O)N1CCN(C(C)c2nc3ccccc3c(=O)n2C)CC1. The van der Waals surface area contributed by atoms with Gasteiger partial charge in [0.2, 0.25) is 0 Å². The summed E-state index contributed by atoms with van der Waals surface area (Å²) < 4.78 is 1.65. The Morgan fingerprint density at radius 3 is 2.63 bits per heavy atom. The van der Waals surface area contributed by atoms with Gasteiger partial charge in [-0.3, -0.25) is 14.3 Å². The molecular formula is C20H29N5O2. The summed E-state index contributed by atoms with van der Waals surface area (Å²) in [4.78, 5) is 33.7. The minimum absolute atomic E-state index is 0.0117. The Morgan fingerprint density at radius 1 is 1.22 bits per heavy atom.